The average Bonchev–Trinajstić information content (AvgIpc) is 2.45. The zero-order valence-corrected chi connectivity index (χ0v) is 12.9. The summed E-state index contributed by atoms with van der Waals surface area (Å²) >= 11 is 1.45. The van der Waals surface area contributed by atoms with Crippen molar-refractivity contribution in [3.63, 3.8) is 0 Å². The fourth-order valence-corrected chi connectivity index (χ4v) is 3.54. The number of halogens is 3. The number of hydrogen-bond donors (Lipinski definition) is 1. The highest BCUT2D eigenvalue weighted by atomic mass is 32.2. The topological polar surface area (TPSA) is 37.8 Å². The lowest BCUT2D eigenvalue weighted by atomic mass is 10.0. The van der Waals surface area contributed by atoms with Crippen molar-refractivity contribution in [1.29, 1.82) is 0 Å². The smallest absolute Gasteiger partial charge is 0.370 e. The van der Waals surface area contributed by atoms with Crippen LogP contribution >= 0.6 is 11.8 Å². The minimum atomic E-state index is -4.51. The first-order valence-electron chi connectivity index (χ1n) is 7.36. The molecular formula is C14H20F3N3S. The molecular weight excluding hydrogens is 299 g/mol. The summed E-state index contributed by atoms with van der Waals surface area (Å²) in [6.07, 6.45) is 1.94. The number of thioether (sulfide) groups is 1. The summed E-state index contributed by atoms with van der Waals surface area (Å²) in [6, 6.07) is 1.63. The molecule has 1 N–H and O–H groups in total. The molecule has 0 bridgehead atoms. The fraction of sp³-hybridized carbons (Fsp3) is 0.714. The van der Waals surface area contributed by atoms with Crippen molar-refractivity contribution in [2.24, 2.45) is 0 Å². The van der Waals surface area contributed by atoms with Gasteiger partial charge < -0.3 is 5.32 Å². The summed E-state index contributed by atoms with van der Waals surface area (Å²) in [7, 11) is 0. The van der Waals surface area contributed by atoms with Gasteiger partial charge in [-0.1, -0.05) is 26.2 Å². The standard InChI is InChI=1S/C14H20F3N3S/c1-2-8-18-11-9-12(20-13(19-11)14(15,16)17)21-10-6-4-3-5-7-10/h9-10H,2-8H2,1H3,(H,18,19,20). The second-order valence-corrected chi connectivity index (χ2v) is 6.54. The lowest BCUT2D eigenvalue weighted by molar-refractivity contribution is -0.145. The molecule has 0 radical (unpaired) electrons. The van der Waals surface area contributed by atoms with Crippen molar-refractivity contribution in [2.45, 2.75) is 61.9 Å². The molecule has 1 heterocycles. The number of rotatable bonds is 5. The second kappa shape index (κ2) is 7.33. The van der Waals surface area contributed by atoms with Gasteiger partial charge in [0.1, 0.15) is 10.8 Å². The van der Waals surface area contributed by atoms with Crippen LogP contribution in [-0.4, -0.2) is 21.8 Å². The molecule has 0 saturated heterocycles. The van der Waals surface area contributed by atoms with E-state index in [1.165, 1.54) is 18.2 Å². The van der Waals surface area contributed by atoms with Crippen LogP contribution in [0.3, 0.4) is 0 Å². The summed E-state index contributed by atoms with van der Waals surface area (Å²) in [5, 5.41) is 3.71. The third-order valence-electron chi connectivity index (χ3n) is 3.35. The van der Waals surface area contributed by atoms with Crippen molar-refractivity contribution < 1.29 is 13.2 Å². The Balaban J connectivity index is 2.17. The van der Waals surface area contributed by atoms with E-state index in [2.05, 4.69) is 15.3 Å². The maximum absolute atomic E-state index is 12.9. The molecule has 1 aliphatic carbocycles. The monoisotopic (exact) mass is 319 g/mol. The van der Waals surface area contributed by atoms with Gasteiger partial charge in [-0.3, -0.25) is 0 Å². The molecule has 118 valence electrons. The van der Waals surface area contributed by atoms with Gasteiger partial charge in [-0.15, -0.1) is 11.8 Å². The Morgan fingerprint density at radius 3 is 2.57 bits per heavy atom. The van der Waals surface area contributed by atoms with Crippen LogP contribution in [0.15, 0.2) is 11.1 Å². The van der Waals surface area contributed by atoms with Gasteiger partial charge in [-0.2, -0.15) is 13.2 Å². The normalized spacial score (nSPS) is 17.0. The third-order valence-corrected chi connectivity index (χ3v) is 4.61. The molecule has 21 heavy (non-hydrogen) atoms. The average molecular weight is 319 g/mol. The van der Waals surface area contributed by atoms with E-state index in [1.54, 1.807) is 6.07 Å². The highest BCUT2D eigenvalue weighted by molar-refractivity contribution is 7.99. The van der Waals surface area contributed by atoms with Crippen LogP contribution in [-0.2, 0) is 6.18 Å². The number of anilines is 1. The molecule has 0 aromatic carbocycles. The summed E-state index contributed by atoms with van der Waals surface area (Å²) < 4.78 is 38.7. The first-order chi connectivity index (χ1) is 9.99. The molecule has 0 unspecified atom stereocenters. The summed E-state index contributed by atoms with van der Waals surface area (Å²) in [4.78, 5) is 7.27. The van der Waals surface area contributed by atoms with E-state index >= 15 is 0 Å². The zero-order chi connectivity index (χ0) is 15.3. The predicted octanol–water partition coefficient (Wildman–Crippen LogP) is 4.74. The summed E-state index contributed by atoms with van der Waals surface area (Å²) in [5.74, 6) is -0.792. The van der Waals surface area contributed by atoms with Gasteiger partial charge in [0, 0.05) is 17.9 Å². The molecule has 1 aromatic rings. The van der Waals surface area contributed by atoms with Crippen molar-refractivity contribution in [1.82, 2.24) is 9.97 Å². The predicted molar refractivity (Wildman–Crippen MR) is 78.5 cm³/mol. The van der Waals surface area contributed by atoms with Crippen LogP contribution in [0.4, 0.5) is 19.0 Å². The van der Waals surface area contributed by atoms with Crippen molar-refractivity contribution >= 4 is 17.6 Å². The van der Waals surface area contributed by atoms with Gasteiger partial charge in [0.2, 0.25) is 5.82 Å². The Kier molecular flexibility index (Phi) is 5.72. The van der Waals surface area contributed by atoms with Gasteiger partial charge in [0.05, 0.1) is 0 Å². The molecule has 1 saturated carbocycles. The van der Waals surface area contributed by atoms with E-state index in [1.807, 2.05) is 6.92 Å². The first kappa shape index (κ1) is 16.4. The lowest BCUT2D eigenvalue weighted by Crippen LogP contribution is -2.15. The third kappa shape index (κ3) is 5.05. The number of nitrogens with one attached hydrogen (secondary N) is 1. The molecule has 1 aromatic heterocycles. The van der Waals surface area contributed by atoms with Crippen LogP contribution < -0.4 is 5.32 Å². The molecule has 0 aliphatic heterocycles. The van der Waals surface area contributed by atoms with E-state index in [4.69, 9.17) is 0 Å². The number of nitrogens with zero attached hydrogens (tertiary/aromatic N) is 2. The Bertz CT molecular complexity index is 459. The van der Waals surface area contributed by atoms with Crippen LogP contribution in [0, 0.1) is 0 Å². The fourth-order valence-electron chi connectivity index (χ4n) is 2.31. The number of alkyl halides is 3. The van der Waals surface area contributed by atoms with Crippen molar-refractivity contribution in [3.8, 4) is 0 Å². The molecule has 0 amide bonds. The maximum atomic E-state index is 12.9. The van der Waals surface area contributed by atoms with E-state index in [-0.39, 0.29) is 5.82 Å². The minimum Gasteiger partial charge on any atom is -0.370 e. The van der Waals surface area contributed by atoms with E-state index < -0.39 is 12.0 Å². The van der Waals surface area contributed by atoms with Gasteiger partial charge in [0.25, 0.3) is 0 Å². The van der Waals surface area contributed by atoms with Gasteiger partial charge in [-0.05, 0) is 19.3 Å². The first-order valence-corrected chi connectivity index (χ1v) is 8.24. The van der Waals surface area contributed by atoms with E-state index in [0.717, 1.165) is 32.1 Å². The molecule has 3 nitrogen and oxygen atoms in total. The SMILES string of the molecule is CCCNc1cc(SC2CCCCC2)nc(C(F)(F)F)n1. The van der Waals surface area contributed by atoms with Gasteiger partial charge in [0.15, 0.2) is 0 Å². The molecule has 0 spiro atoms. The van der Waals surface area contributed by atoms with Crippen LogP contribution in [0.5, 0.6) is 0 Å². The van der Waals surface area contributed by atoms with Gasteiger partial charge >= 0.3 is 6.18 Å². The number of aromatic nitrogens is 2. The molecule has 7 heteroatoms. The molecule has 1 fully saturated rings. The molecule has 2 rings (SSSR count). The highest BCUT2D eigenvalue weighted by Crippen LogP contribution is 2.35. The molecule has 0 atom stereocenters. The maximum Gasteiger partial charge on any atom is 0.451 e. The van der Waals surface area contributed by atoms with Crippen LogP contribution in [0.2, 0.25) is 0 Å². The summed E-state index contributed by atoms with van der Waals surface area (Å²) in [6.45, 7) is 2.55. The second-order valence-electron chi connectivity index (χ2n) is 5.22. The Labute approximate surface area is 127 Å². The van der Waals surface area contributed by atoms with E-state index in [9.17, 15) is 13.2 Å². The van der Waals surface area contributed by atoms with Crippen molar-refractivity contribution in [3.05, 3.63) is 11.9 Å². The van der Waals surface area contributed by atoms with Gasteiger partial charge in [-0.25, -0.2) is 9.97 Å². The largest absolute Gasteiger partial charge is 0.451 e. The van der Waals surface area contributed by atoms with Crippen molar-refractivity contribution in [2.75, 3.05) is 11.9 Å². The Morgan fingerprint density at radius 2 is 1.95 bits per heavy atom. The lowest BCUT2D eigenvalue weighted by Gasteiger charge is -2.21. The van der Waals surface area contributed by atoms with Crippen LogP contribution in [0.25, 0.3) is 0 Å². The number of hydrogen-bond acceptors (Lipinski definition) is 4. The summed E-state index contributed by atoms with van der Waals surface area (Å²) in [5.41, 5.74) is 0. The Morgan fingerprint density at radius 1 is 1.24 bits per heavy atom. The van der Waals surface area contributed by atoms with Crippen LogP contribution in [0.1, 0.15) is 51.3 Å². The molecule has 1 aliphatic rings. The van der Waals surface area contributed by atoms with E-state index in [0.29, 0.717) is 16.8 Å². The minimum absolute atomic E-state index is 0.262. The highest BCUT2D eigenvalue weighted by Gasteiger charge is 2.35. The quantitative estimate of drug-likeness (QED) is 0.795. The zero-order valence-electron chi connectivity index (χ0n) is 12.0. The Hall–Kier alpha value is -0.980.